The normalized spacial score (nSPS) is 12.8. The van der Waals surface area contributed by atoms with Crippen LogP contribution in [-0.4, -0.2) is 8.07 Å². The molecule has 1 heteroatoms. The zero-order valence-electron chi connectivity index (χ0n) is 12.9. The van der Waals surface area contributed by atoms with E-state index in [2.05, 4.69) is 100 Å². The third-order valence-electron chi connectivity index (χ3n) is 4.06. The minimum absolute atomic E-state index is 0.224. The first-order chi connectivity index (χ1) is 9.52. The van der Waals surface area contributed by atoms with E-state index in [0.29, 0.717) is 0 Å². The maximum Gasteiger partial charge on any atom is 0.146 e. The Balaban J connectivity index is 2.77. The van der Waals surface area contributed by atoms with Crippen LogP contribution in [0.15, 0.2) is 72.4 Å². The van der Waals surface area contributed by atoms with E-state index in [9.17, 15) is 0 Å². The fourth-order valence-corrected chi connectivity index (χ4v) is 8.01. The summed E-state index contributed by atoms with van der Waals surface area (Å²) in [5.41, 5.74) is 2.48. The zero-order valence-corrected chi connectivity index (χ0v) is 13.9. The van der Waals surface area contributed by atoms with Crippen molar-refractivity contribution < 1.29 is 0 Å². The van der Waals surface area contributed by atoms with Gasteiger partial charge in [0, 0.05) is 0 Å². The predicted octanol–water partition coefficient (Wildman–Crippen LogP) is 4.17. The van der Waals surface area contributed by atoms with Crippen LogP contribution in [-0.2, 0) is 0 Å². The number of benzene rings is 2. The van der Waals surface area contributed by atoms with Crippen molar-refractivity contribution >= 4 is 18.4 Å². The van der Waals surface area contributed by atoms with Crippen LogP contribution in [0, 0.1) is 0 Å². The van der Waals surface area contributed by atoms with Gasteiger partial charge in [-0.3, -0.25) is 0 Å². The number of allylic oxidation sites excluding steroid dienone is 1. The van der Waals surface area contributed by atoms with Gasteiger partial charge < -0.3 is 0 Å². The van der Waals surface area contributed by atoms with Crippen molar-refractivity contribution in [2.45, 2.75) is 32.7 Å². The summed E-state index contributed by atoms with van der Waals surface area (Å²) in [6, 6.07) is 22.0. The molecule has 0 radical (unpaired) electrons. The first-order valence-corrected chi connectivity index (χ1v) is 9.35. The van der Waals surface area contributed by atoms with Gasteiger partial charge in [0.2, 0.25) is 0 Å². The molecule has 0 amide bonds. The van der Waals surface area contributed by atoms with Gasteiger partial charge in [0.05, 0.1) is 0 Å². The maximum absolute atomic E-state index is 2.48. The van der Waals surface area contributed by atoms with Crippen LogP contribution in [0.2, 0.25) is 5.04 Å². The number of hydrogen-bond acceptors (Lipinski definition) is 0. The van der Waals surface area contributed by atoms with Gasteiger partial charge in [-0.2, -0.15) is 0 Å². The molecule has 0 bridgehead atoms. The van der Waals surface area contributed by atoms with E-state index in [0.717, 1.165) is 0 Å². The molecule has 0 N–H and O–H groups in total. The Bertz CT molecular complexity index is 522. The standard InChI is InChI=1S/C19H24Si/c1-5-16-20(19(2,3)4,17-12-8-6-9-13-17)18-14-10-7-11-15-18/h5-16H,1-4H3/b16-5-. The van der Waals surface area contributed by atoms with E-state index < -0.39 is 8.07 Å². The van der Waals surface area contributed by atoms with Gasteiger partial charge in [0.15, 0.2) is 0 Å². The lowest BCUT2D eigenvalue weighted by Crippen LogP contribution is -2.63. The average Bonchev–Trinajstić information content (AvgIpc) is 2.45. The molecule has 0 atom stereocenters. The molecule has 0 unspecified atom stereocenters. The van der Waals surface area contributed by atoms with E-state index in [-0.39, 0.29) is 5.04 Å². The molecule has 20 heavy (non-hydrogen) atoms. The fraction of sp³-hybridized carbons (Fsp3) is 0.263. The third kappa shape index (κ3) is 2.50. The van der Waals surface area contributed by atoms with Crippen molar-refractivity contribution in [1.82, 2.24) is 0 Å². The summed E-state index contributed by atoms with van der Waals surface area (Å²) < 4.78 is 0. The summed E-state index contributed by atoms with van der Waals surface area (Å²) >= 11 is 0. The van der Waals surface area contributed by atoms with Crippen LogP contribution in [0.5, 0.6) is 0 Å². The molecule has 0 aromatic heterocycles. The molecule has 104 valence electrons. The topological polar surface area (TPSA) is 0 Å². The summed E-state index contributed by atoms with van der Waals surface area (Å²) in [5.74, 6) is 0. The molecular formula is C19H24Si. The summed E-state index contributed by atoms with van der Waals surface area (Å²) in [6.45, 7) is 9.26. The van der Waals surface area contributed by atoms with E-state index in [1.165, 1.54) is 10.4 Å². The quantitative estimate of drug-likeness (QED) is 0.740. The van der Waals surface area contributed by atoms with Gasteiger partial charge in [-0.15, -0.1) is 0 Å². The first kappa shape index (κ1) is 14.8. The van der Waals surface area contributed by atoms with Crippen LogP contribution in [0.25, 0.3) is 0 Å². The van der Waals surface area contributed by atoms with Crippen molar-refractivity contribution in [3.8, 4) is 0 Å². The van der Waals surface area contributed by atoms with Gasteiger partial charge in [-0.25, -0.2) is 0 Å². The Morgan fingerprint density at radius 2 is 1.15 bits per heavy atom. The summed E-state index contributed by atoms with van der Waals surface area (Å²) in [4.78, 5) is 0. The Labute approximate surface area is 124 Å². The fourth-order valence-electron chi connectivity index (χ4n) is 3.13. The highest BCUT2D eigenvalue weighted by Crippen LogP contribution is 2.36. The van der Waals surface area contributed by atoms with Crippen LogP contribution in [0.3, 0.4) is 0 Å². The predicted molar refractivity (Wildman–Crippen MR) is 92.4 cm³/mol. The summed E-state index contributed by atoms with van der Waals surface area (Å²) in [6.07, 6.45) is 2.23. The molecule has 0 spiro atoms. The van der Waals surface area contributed by atoms with Crippen LogP contribution < -0.4 is 10.4 Å². The lowest BCUT2D eigenvalue weighted by Gasteiger charge is -2.42. The SMILES string of the molecule is C/C=C\[Si](c1ccccc1)(c1ccccc1)C(C)(C)C. The van der Waals surface area contributed by atoms with Crippen molar-refractivity contribution in [3.63, 3.8) is 0 Å². The Hall–Kier alpha value is -1.60. The van der Waals surface area contributed by atoms with Crippen molar-refractivity contribution in [2.75, 3.05) is 0 Å². The van der Waals surface area contributed by atoms with Crippen molar-refractivity contribution in [3.05, 3.63) is 72.4 Å². The Morgan fingerprint density at radius 3 is 1.45 bits per heavy atom. The minimum atomic E-state index is -1.93. The van der Waals surface area contributed by atoms with E-state index in [4.69, 9.17) is 0 Å². The second kappa shape index (κ2) is 5.80. The lowest BCUT2D eigenvalue weighted by molar-refractivity contribution is 0.738. The molecule has 0 aliphatic rings. The highest BCUT2D eigenvalue weighted by Gasteiger charge is 2.45. The molecule has 0 saturated carbocycles. The van der Waals surface area contributed by atoms with E-state index >= 15 is 0 Å². The maximum atomic E-state index is 2.48. The number of rotatable bonds is 3. The van der Waals surface area contributed by atoms with Gasteiger partial charge in [0.25, 0.3) is 0 Å². The van der Waals surface area contributed by atoms with Gasteiger partial charge >= 0.3 is 0 Å². The highest BCUT2D eigenvalue weighted by molar-refractivity contribution is 7.07. The van der Waals surface area contributed by atoms with E-state index in [1.807, 2.05) is 0 Å². The molecule has 0 aliphatic heterocycles. The molecule has 0 heterocycles. The average molecular weight is 280 g/mol. The monoisotopic (exact) mass is 280 g/mol. The molecule has 0 fully saturated rings. The van der Waals surface area contributed by atoms with Crippen molar-refractivity contribution in [2.24, 2.45) is 0 Å². The molecule has 2 aromatic carbocycles. The second-order valence-corrected chi connectivity index (χ2v) is 10.9. The molecule has 2 rings (SSSR count). The largest absolute Gasteiger partial charge is 0.146 e. The van der Waals surface area contributed by atoms with Crippen molar-refractivity contribution in [1.29, 1.82) is 0 Å². The highest BCUT2D eigenvalue weighted by atomic mass is 28.3. The van der Waals surface area contributed by atoms with Gasteiger partial charge in [-0.05, 0) is 22.3 Å². The lowest BCUT2D eigenvalue weighted by atomic mass is 10.2. The molecule has 2 aromatic rings. The second-order valence-electron chi connectivity index (χ2n) is 6.29. The Kier molecular flexibility index (Phi) is 4.29. The number of hydrogen-bond donors (Lipinski definition) is 0. The van der Waals surface area contributed by atoms with Crippen LogP contribution in [0.1, 0.15) is 27.7 Å². The van der Waals surface area contributed by atoms with Crippen LogP contribution >= 0.6 is 0 Å². The van der Waals surface area contributed by atoms with Gasteiger partial charge in [-0.1, -0.05) is 93.2 Å². The molecule has 0 saturated heterocycles. The van der Waals surface area contributed by atoms with Crippen LogP contribution in [0.4, 0.5) is 0 Å². The van der Waals surface area contributed by atoms with E-state index in [1.54, 1.807) is 0 Å². The summed E-state index contributed by atoms with van der Waals surface area (Å²) in [5, 5.41) is 3.19. The van der Waals surface area contributed by atoms with Gasteiger partial charge in [0.1, 0.15) is 8.07 Å². The Morgan fingerprint density at radius 1 is 0.750 bits per heavy atom. The minimum Gasteiger partial charge on any atom is -0.0948 e. The molecule has 0 nitrogen and oxygen atoms in total. The third-order valence-corrected chi connectivity index (χ3v) is 9.75. The summed E-state index contributed by atoms with van der Waals surface area (Å²) in [7, 11) is -1.93. The smallest absolute Gasteiger partial charge is 0.0948 e. The molecule has 0 aliphatic carbocycles. The molecular weight excluding hydrogens is 256 g/mol. The first-order valence-electron chi connectivity index (χ1n) is 7.27. The zero-order chi connectivity index (χ0) is 14.6.